The molecule has 0 radical (unpaired) electrons. The van der Waals surface area contributed by atoms with E-state index in [9.17, 15) is 18.0 Å². The van der Waals surface area contributed by atoms with E-state index in [-0.39, 0.29) is 11.4 Å². The van der Waals surface area contributed by atoms with Crippen molar-refractivity contribution in [2.24, 2.45) is 5.73 Å². The first-order valence-electron chi connectivity index (χ1n) is 6.01. The quantitative estimate of drug-likeness (QED) is 0.708. The Morgan fingerprint density at radius 2 is 1.90 bits per heavy atom. The number of imide groups is 1. The van der Waals surface area contributed by atoms with Crippen LogP contribution in [0.4, 0.5) is 0 Å². The number of nitrogens with two attached hydrogens (primary N) is 1. The molecule has 1 unspecified atom stereocenters. The van der Waals surface area contributed by atoms with Gasteiger partial charge in [0.15, 0.2) is 0 Å². The lowest BCUT2D eigenvalue weighted by Gasteiger charge is -2.30. The molecule has 1 saturated heterocycles. The molecule has 1 fully saturated rings. The average molecular weight is 297 g/mol. The summed E-state index contributed by atoms with van der Waals surface area (Å²) in [6.45, 7) is 1.38. The summed E-state index contributed by atoms with van der Waals surface area (Å²) < 4.78 is 25.8. The summed E-state index contributed by atoms with van der Waals surface area (Å²) >= 11 is 0. The van der Waals surface area contributed by atoms with Gasteiger partial charge in [-0.2, -0.15) is 4.31 Å². The normalized spacial score (nSPS) is 20.8. The molecule has 0 aliphatic carbocycles. The predicted octanol–water partition coefficient (Wildman–Crippen LogP) is -0.819. The molecular weight excluding hydrogens is 282 g/mol. The largest absolute Gasteiger partial charge is 0.326 e. The van der Waals surface area contributed by atoms with Crippen LogP contribution in [-0.4, -0.2) is 37.1 Å². The van der Waals surface area contributed by atoms with Crippen LogP contribution in [0.3, 0.4) is 0 Å². The summed E-state index contributed by atoms with van der Waals surface area (Å²) in [5, 5.41) is 2.10. The Bertz CT molecular complexity index is 639. The molecule has 1 aromatic carbocycles. The van der Waals surface area contributed by atoms with Crippen LogP contribution in [0, 0.1) is 0 Å². The molecule has 0 saturated carbocycles. The van der Waals surface area contributed by atoms with Crippen molar-refractivity contribution in [1.29, 1.82) is 0 Å². The second-order valence-corrected chi connectivity index (χ2v) is 6.38. The molecule has 108 valence electrons. The number of piperazine rings is 1. The third-order valence-electron chi connectivity index (χ3n) is 3.14. The first-order chi connectivity index (χ1) is 9.36. The highest BCUT2D eigenvalue weighted by Crippen LogP contribution is 2.20. The molecular formula is C12H15N3O4S. The Kier molecular flexibility index (Phi) is 3.89. The highest BCUT2D eigenvalue weighted by Gasteiger charge is 2.38. The average Bonchev–Trinajstić information content (AvgIpc) is 2.42. The Morgan fingerprint density at radius 3 is 2.45 bits per heavy atom. The van der Waals surface area contributed by atoms with E-state index in [2.05, 4.69) is 5.32 Å². The Hall–Kier alpha value is -1.77. The van der Waals surface area contributed by atoms with Gasteiger partial charge in [-0.15, -0.1) is 0 Å². The monoisotopic (exact) mass is 297 g/mol. The van der Waals surface area contributed by atoms with Crippen molar-refractivity contribution in [3.63, 3.8) is 0 Å². The van der Waals surface area contributed by atoms with Gasteiger partial charge in [0, 0.05) is 6.54 Å². The number of benzene rings is 1. The molecule has 7 nitrogen and oxygen atoms in total. The molecule has 2 rings (SSSR count). The van der Waals surface area contributed by atoms with Gasteiger partial charge in [0.05, 0.1) is 11.4 Å². The van der Waals surface area contributed by atoms with Crippen molar-refractivity contribution >= 4 is 21.8 Å². The van der Waals surface area contributed by atoms with Crippen molar-refractivity contribution in [2.75, 3.05) is 6.54 Å². The molecule has 1 aromatic rings. The van der Waals surface area contributed by atoms with Gasteiger partial charge in [0.1, 0.15) is 6.04 Å². The minimum Gasteiger partial charge on any atom is -0.326 e. The number of hydrogen-bond donors (Lipinski definition) is 2. The second-order valence-electron chi connectivity index (χ2n) is 4.49. The van der Waals surface area contributed by atoms with Crippen molar-refractivity contribution in [3.05, 3.63) is 29.8 Å². The minimum atomic E-state index is -3.89. The van der Waals surface area contributed by atoms with Crippen LogP contribution in [0.1, 0.15) is 12.5 Å². The van der Waals surface area contributed by atoms with E-state index in [4.69, 9.17) is 5.73 Å². The number of nitrogens with zero attached hydrogens (tertiary/aromatic N) is 1. The van der Waals surface area contributed by atoms with Gasteiger partial charge in [-0.3, -0.25) is 14.9 Å². The molecule has 0 bridgehead atoms. The molecule has 1 aliphatic heterocycles. The SMILES string of the molecule is CC1C(=O)NC(=O)CN1S(=O)(=O)c1ccc(CN)cc1. The molecule has 1 aliphatic rings. The molecule has 3 N–H and O–H groups in total. The van der Waals surface area contributed by atoms with Crippen LogP contribution in [-0.2, 0) is 26.2 Å². The highest BCUT2D eigenvalue weighted by atomic mass is 32.2. The number of carbonyl (C=O) groups is 2. The molecule has 0 spiro atoms. The van der Waals surface area contributed by atoms with E-state index in [1.54, 1.807) is 12.1 Å². The summed E-state index contributed by atoms with van der Waals surface area (Å²) in [6, 6.07) is 5.11. The van der Waals surface area contributed by atoms with Gasteiger partial charge in [0.25, 0.3) is 0 Å². The van der Waals surface area contributed by atoms with Gasteiger partial charge < -0.3 is 5.73 Å². The molecule has 1 atom stereocenters. The lowest BCUT2D eigenvalue weighted by molar-refractivity contribution is -0.136. The number of amides is 2. The van der Waals surface area contributed by atoms with Gasteiger partial charge in [-0.25, -0.2) is 8.42 Å². The molecule has 20 heavy (non-hydrogen) atoms. The van der Waals surface area contributed by atoms with Crippen LogP contribution in [0.2, 0.25) is 0 Å². The van der Waals surface area contributed by atoms with E-state index < -0.39 is 27.9 Å². The molecule has 2 amide bonds. The van der Waals surface area contributed by atoms with E-state index in [1.807, 2.05) is 0 Å². The molecule has 0 aromatic heterocycles. The predicted molar refractivity (Wildman–Crippen MR) is 70.8 cm³/mol. The third kappa shape index (κ3) is 2.58. The number of carbonyl (C=O) groups excluding carboxylic acids is 2. The zero-order chi connectivity index (χ0) is 14.9. The maximum Gasteiger partial charge on any atom is 0.244 e. The third-order valence-corrected chi connectivity index (χ3v) is 5.07. The van der Waals surface area contributed by atoms with Gasteiger partial charge in [-0.05, 0) is 24.6 Å². The van der Waals surface area contributed by atoms with E-state index >= 15 is 0 Å². The number of sulfonamides is 1. The summed E-state index contributed by atoms with van der Waals surface area (Å²) in [5.74, 6) is -1.25. The first kappa shape index (κ1) is 14.6. The fourth-order valence-corrected chi connectivity index (χ4v) is 3.47. The maximum atomic E-state index is 12.5. The summed E-state index contributed by atoms with van der Waals surface area (Å²) in [4.78, 5) is 22.9. The van der Waals surface area contributed by atoms with Crippen LogP contribution in [0.15, 0.2) is 29.2 Å². The molecule has 1 heterocycles. The highest BCUT2D eigenvalue weighted by molar-refractivity contribution is 7.89. The van der Waals surface area contributed by atoms with E-state index in [0.717, 1.165) is 9.87 Å². The van der Waals surface area contributed by atoms with E-state index in [0.29, 0.717) is 6.54 Å². The van der Waals surface area contributed by atoms with E-state index in [1.165, 1.54) is 19.1 Å². The van der Waals surface area contributed by atoms with Crippen LogP contribution < -0.4 is 11.1 Å². The fraction of sp³-hybridized carbons (Fsp3) is 0.333. The topological polar surface area (TPSA) is 110 Å². The zero-order valence-electron chi connectivity index (χ0n) is 10.9. The number of rotatable bonds is 3. The van der Waals surface area contributed by atoms with Crippen LogP contribution in [0.5, 0.6) is 0 Å². The van der Waals surface area contributed by atoms with Crippen molar-refractivity contribution < 1.29 is 18.0 Å². The summed E-state index contributed by atoms with van der Waals surface area (Å²) in [6.07, 6.45) is 0. The standard InChI is InChI=1S/C12H15N3O4S/c1-8-12(17)14-11(16)7-15(8)20(18,19)10-4-2-9(6-13)3-5-10/h2-5,8H,6-7,13H2,1H3,(H,14,16,17). The maximum absolute atomic E-state index is 12.5. The smallest absolute Gasteiger partial charge is 0.244 e. The zero-order valence-corrected chi connectivity index (χ0v) is 11.7. The second kappa shape index (κ2) is 5.31. The Labute approximate surface area is 116 Å². The van der Waals surface area contributed by atoms with Gasteiger partial charge in [-0.1, -0.05) is 12.1 Å². The Morgan fingerprint density at radius 1 is 1.30 bits per heavy atom. The van der Waals surface area contributed by atoms with Crippen molar-refractivity contribution in [3.8, 4) is 0 Å². The van der Waals surface area contributed by atoms with Crippen molar-refractivity contribution in [1.82, 2.24) is 9.62 Å². The molecule has 8 heteroatoms. The number of hydrogen-bond acceptors (Lipinski definition) is 5. The Balaban J connectivity index is 2.37. The lowest BCUT2D eigenvalue weighted by atomic mass is 10.2. The fourth-order valence-electron chi connectivity index (χ4n) is 1.92. The lowest BCUT2D eigenvalue weighted by Crippen LogP contribution is -2.58. The summed E-state index contributed by atoms with van der Waals surface area (Å²) in [7, 11) is -3.89. The van der Waals surface area contributed by atoms with Crippen LogP contribution >= 0.6 is 0 Å². The van der Waals surface area contributed by atoms with Gasteiger partial charge >= 0.3 is 0 Å². The van der Waals surface area contributed by atoms with Gasteiger partial charge in [0.2, 0.25) is 21.8 Å². The minimum absolute atomic E-state index is 0.0315. The summed E-state index contributed by atoms with van der Waals surface area (Å²) in [5.41, 5.74) is 6.25. The van der Waals surface area contributed by atoms with Crippen molar-refractivity contribution in [2.45, 2.75) is 24.4 Å². The van der Waals surface area contributed by atoms with Crippen LogP contribution in [0.25, 0.3) is 0 Å². The number of nitrogens with one attached hydrogen (secondary N) is 1. The first-order valence-corrected chi connectivity index (χ1v) is 7.45.